The third-order valence-corrected chi connectivity index (χ3v) is 20.7. The monoisotopic (exact) mass is 1470 g/mol. The Labute approximate surface area is 613 Å². The van der Waals surface area contributed by atoms with Crippen molar-refractivity contribution >= 4 is 39.5 Å². The molecule has 3 N–H and O–H groups in total. The average molecular weight is 1470 g/mol. The van der Waals surface area contributed by atoms with Crippen LogP contribution in [0, 0.1) is 23.7 Å². The summed E-state index contributed by atoms with van der Waals surface area (Å²) in [5, 5.41) is 10.6. The van der Waals surface area contributed by atoms with Crippen molar-refractivity contribution in [1.29, 1.82) is 0 Å². The summed E-state index contributed by atoms with van der Waals surface area (Å²) in [4.78, 5) is 73.0. The van der Waals surface area contributed by atoms with Crippen LogP contribution in [0.2, 0.25) is 0 Å². The summed E-state index contributed by atoms with van der Waals surface area (Å²) >= 11 is 0. The van der Waals surface area contributed by atoms with Crippen LogP contribution in [-0.2, 0) is 65.4 Å². The van der Waals surface area contributed by atoms with E-state index in [0.29, 0.717) is 31.6 Å². The third-order valence-electron chi connectivity index (χ3n) is 18.8. The van der Waals surface area contributed by atoms with Gasteiger partial charge in [0.25, 0.3) is 0 Å². The number of ether oxygens (including phenoxy) is 4. The van der Waals surface area contributed by atoms with E-state index in [1.165, 1.54) is 212 Å². The lowest BCUT2D eigenvalue weighted by molar-refractivity contribution is -0.161. The summed E-state index contributed by atoms with van der Waals surface area (Å²) in [6, 6.07) is 0. The highest BCUT2D eigenvalue weighted by molar-refractivity contribution is 7.47. The van der Waals surface area contributed by atoms with Crippen molar-refractivity contribution in [3.05, 3.63) is 0 Å². The fourth-order valence-electron chi connectivity index (χ4n) is 12.4. The quantitative estimate of drug-likeness (QED) is 0.0222. The Kier molecular flexibility index (Phi) is 68.7. The van der Waals surface area contributed by atoms with Crippen molar-refractivity contribution in [2.24, 2.45) is 23.7 Å². The number of phosphoric acid groups is 2. The van der Waals surface area contributed by atoms with E-state index < -0.39 is 97.5 Å². The maximum Gasteiger partial charge on any atom is 0.472 e. The van der Waals surface area contributed by atoms with Gasteiger partial charge in [-0.05, 0) is 49.4 Å². The molecule has 0 radical (unpaired) electrons. The predicted octanol–water partition coefficient (Wildman–Crippen LogP) is 24.0. The molecule has 0 saturated heterocycles. The molecule has 0 fully saturated rings. The van der Waals surface area contributed by atoms with Crippen LogP contribution >= 0.6 is 15.6 Å². The standard InChI is InChI=1S/C81H158O17P2/c1-71(2)57-49-41-33-27-21-15-9-12-18-24-30-36-45-53-61-78(83)91-67-76(97-80(85)63-55-47-37-31-25-19-13-10-16-22-28-34-42-50-58-72(3)4)69-95-99(87,88)93-65-75(82)66-94-100(89,90)96-70-77(68-92-79(84)62-54-46-40-39-44-52-60-74(7)8)98-81(86)64-56-48-38-32-26-20-14-11-17-23-29-35-43-51-59-73(5)6/h71-77,82H,9-70H2,1-8H3,(H,87,88)(H,89,90)/t75?,76-,77-/m1/s1. The molecule has 100 heavy (non-hydrogen) atoms. The molecule has 0 aromatic carbocycles. The average Bonchev–Trinajstić information content (AvgIpc) is 0.952. The molecule has 0 aliphatic heterocycles. The third kappa shape index (κ3) is 74.3. The van der Waals surface area contributed by atoms with Crippen LogP contribution < -0.4 is 0 Å². The van der Waals surface area contributed by atoms with Gasteiger partial charge in [0.1, 0.15) is 19.3 Å². The van der Waals surface area contributed by atoms with Gasteiger partial charge in [-0.2, -0.15) is 0 Å². The molecule has 0 aromatic rings. The molecule has 0 rings (SSSR count). The van der Waals surface area contributed by atoms with Gasteiger partial charge in [-0.3, -0.25) is 37.3 Å². The number of unbranched alkanes of at least 4 members (excludes halogenated alkanes) is 44. The van der Waals surface area contributed by atoms with Crippen LogP contribution in [0.1, 0.15) is 415 Å². The molecule has 0 saturated carbocycles. The van der Waals surface area contributed by atoms with Crippen LogP contribution in [0.25, 0.3) is 0 Å². The Hall–Kier alpha value is -1.94. The zero-order valence-corrected chi connectivity index (χ0v) is 67.6. The van der Waals surface area contributed by atoms with Crippen molar-refractivity contribution in [3.63, 3.8) is 0 Å². The molecule has 0 amide bonds. The first-order valence-electron chi connectivity index (χ1n) is 41.7. The molecular weight excluding hydrogens is 1310 g/mol. The molecule has 0 aliphatic carbocycles. The number of aliphatic hydroxyl groups excluding tert-OH is 1. The zero-order chi connectivity index (χ0) is 73.8. The van der Waals surface area contributed by atoms with Crippen LogP contribution in [-0.4, -0.2) is 96.7 Å². The zero-order valence-electron chi connectivity index (χ0n) is 65.8. The lowest BCUT2D eigenvalue weighted by Crippen LogP contribution is -2.30. The molecule has 5 atom stereocenters. The maximum atomic E-state index is 13.1. The Bertz CT molecular complexity index is 1950. The molecule has 0 heterocycles. The lowest BCUT2D eigenvalue weighted by atomic mass is 10.0. The largest absolute Gasteiger partial charge is 0.472 e. The normalized spacial score (nSPS) is 14.0. The van der Waals surface area contributed by atoms with Crippen molar-refractivity contribution in [2.75, 3.05) is 39.6 Å². The molecular formula is C81H158O17P2. The molecule has 0 aliphatic rings. The molecule has 3 unspecified atom stereocenters. The van der Waals surface area contributed by atoms with E-state index in [4.69, 9.17) is 37.0 Å². The highest BCUT2D eigenvalue weighted by atomic mass is 31.2. The number of aliphatic hydroxyl groups is 1. The summed E-state index contributed by atoms with van der Waals surface area (Å²) < 4.78 is 68.7. The molecule has 19 heteroatoms. The van der Waals surface area contributed by atoms with Gasteiger partial charge in [0.2, 0.25) is 0 Å². The van der Waals surface area contributed by atoms with Gasteiger partial charge >= 0.3 is 39.5 Å². The van der Waals surface area contributed by atoms with Crippen molar-refractivity contribution < 1.29 is 80.2 Å². The summed E-state index contributed by atoms with van der Waals surface area (Å²) in [5.41, 5.74) is 0. The van der Waals surface area contributed by atoms with E-state index in [2.05, 4.69) is 55.4 Å². The van der Waals surface area contributed by atoms with E-state index in [1.54, 1.807) is 0 Å². The van der Waals surface area contributed by atoms with E-state index in [-0.39, 0.29) is 25.7 Å². The molecule has 0 aromatic heterocycles. The van der Waals surface area contributed by atoms with Crippen LogP contribution in [0.4, 0.5) is 0 Å². The smallest absolute Gasteiger partial charge is 0.462 e. The summed E-state index contributed by atoms with van der Waals surface area (Å²) in [5.74, 6) is 0.954. The fourth-order valence-corrected chi connectivity index (χ4v) is 14.0. The van der Waals surface area contributed by atoms with Gasteiger partial charge in [-0.15, -0.1) is 0 Å². The van der Waals surface area contributed by atoms with Gasteiger partial charge in [0, 0.05) is 25.7 Å². The van der Waals surface area contributed by atoms with Crippen LogP contribution in [0.15, 0.2) is 0 Å². The predicted molar refractivity (Wildman–Crippen MR) is 409 cm³/mol. The second-order valence-electron chi connectivity index (χ2n) is 31.1. The van der Waals surface area contributed by atoms with Gasteiger partial charge in [0.05, 0.1) is 26.4 Å². The summed E-state index contributed by atoms with van der Waals surface area (Å²) in [6.07, 6.45) is 57.0. The van der Waals surface area contributed by atoms with Crippen molar-refractivity contribution in [2.45, 2.75) is 433 Å². The number of hydrogen-bond acceptors (Lipinski definition) is 15. The van der Waals surface area contributed by atoms with Gasteiger partial charge in [-0.1, -0.05) is 364 Å². The summed E-state index contributed by atoms with van der Waals surface area (Å²) in [7, 11) is -9.92. The van der Waals surface area contributed by atoms with Gasteiger partial charge in [-0.25, -0.2) is 9.13 Å². The number of carbonyl (C=O) groups is 4. The van der Waals surface area contributed by atoms with Gasteiger partial charge < -0.3 is 33.8 Å². The van der Waals surface area contributed by atoms with E-state index in [0.717, 1.165) is 114 Å². The van der Waals surface area contributed by atoms with E-state index in [9.17, 15) is 43.2 Å². The Balaban J connectivity index is 5.23. The number of phosphoric ester groups is 2. The van der Waals surface area contributed by atoms with Crippen LogP contribution in [0.5, 0.6) is 0 Å². The van der Waals surface area contributed by atoms with Crippen molar-refractivity contribution in [1.82, 2.24) is 0 Å². The molecule has 594 valence electrons. The first-order chi connectivity index (χ1) is 48.1. The Morgan fingerprint density at radius 3 is 0.620 bits per heavy atom. The first-order valence-corrected chi connectivity index (χ1v) is 44.7. The molecule has 17 nitrogen and oxygen atoms in total. The number of hydrogen-bond donors (Lipinski definition) is 3. The van der Waals surface area contributed by atoms with Gasteiger partial charge in [0.15, 0.2) is 12.2 Å². The lowest BCUT2D eigenvalue weighted by Gasteiger charge is -2.21. The topological polar surface area (TPSA) is 237 Å². The minimum Gasteiger partial charge on any atom is -0.462 e. The summed E-state index contributed by atoms with van der Waals surface area (Å²) in [6.45, 7) is 14.2. The SMILES string of the molecule is CC(C)CCCCCCCCCCCCCCCCC(=O)OC[C@H](COP(=O)(O)OCC(O)COP(=O)(O)OC[C@@H](COC(=O)CCCCCCCCC(C)C)OC(=O)CCCCCCCCCCCCCCCCC(C)C)OC(=O)CCCCCCCCCCCCCCCCC(C)C. The molecule has 0 spiro atoms. The number of rotatable bonds is 78. The Morgan fingerprint density at radius 1 is 0.250 bits per heavy atom. The van der Waals surface area contributed by atoms with Crippen LogP contribution in [0.3, 0.4) is 0 Å². The number of carbonyl (C=O) groups excluding carboxylic acids is 4. The Morgan fingerprint density at radius 2 is 0.420 bits per heavy atom. The van der Waals surface area contributed by atoms with Crippen molar-refractivity contribution in [3.8, 4) is 0 Å². The minimum absolute atomic E-state index is 0.106. The minimum atomic E-state index is -4.96. The van der Waals surface area contributed by atoms with E-state index >= 15 is 0 Å². The maximum absolute atomic E-state index is 13.1. The first kappa shape index (κ1) is 98.1. The highest BCUT2D eigenvalue weighted by Gasteiger charge is 2.30. The molecule has 0 bridgehead atoms. The van der Waals surface area contributed by atoms with E-state index in [1.807, 2.05) is 0 Å². The number of esters is 4. The second kappa shape index (κ2) is 70.1. The highest BCUT2D eigenvalue weighted by Crippen LogP contribution is 2.45. The fraction of sp³-hybridized carbons (Fsp3) is 0.951. The second-order valence-corrected chi connectivity index (χ2v) is 34.0.